The minimum Gasteiger partial charge on any atom is -0.619 e. The molecule has 0 unspecified atom stereocenters. The lowest BCUT2D eigenvalue weighted by Gasteiger charge is -2.15. The number of pyridine rings is 1. The number of aromatic nitrogens is 1. The molecule has 10 heteroatoms. The van der Waals surface area contributed by atoms with E-state index in [1.807, 2.05) is 0 Å². The van der Waals surface area contributed by atoms with Gasteiger partial charge < -0.3 is 20.0 Å². The van der Waals surface area contributed by atoms with E-state index in [0.717, 1.165) is 18.5 Å². The van der Waals surface area contributed by atoms with Gasteiger partial charge in [-0.1, -0.05) is 0 Å². The van der Waals surface area contributed by atoms with Gasteiger partial charge in [-0.2, -0.15) is 4.73 Å². The summed E-state index contributed by atoms with van der Waals surface area (Å²) in [5.74, 6) is -1.33. The zero-order valence-corrected chi connectivity index (χ0v) is 13.9. The fourth-order valence-electron chi connectivity index (χ4n) is 1.96. The Morgan fingerprint density at radius 3 is 2.46 bits per heavy atom. The number of nitro groups is 1. The Balaban J connectivity index is 2.05. The average Bonchev–Trinajstić information content (AvgIpc) is 2.62. The van der Waals surface area contributed by atoms with Gasteiger partial charge in [0.1, 0.15) is 5.75 Å². The van der Waals surface area contributed by atoms with Crippen molar-refractivity contribution in [3.63, 3.8) is 0 Å². The third kappa shape index (κ3) is 4.44. The maximum Gasteiger partial charge on any atom is 0.339 e. The van der Waals surface area contributed by atoms with Crippen LogP contribution in [0.5, 0.6) is 5.75 Å². The number of rotatable bonds is 6. The number of carbonyl (C=O) groups excluding carboxylic acids is 2. The fourth-order valence-corrected chi connectivity index (χ4v) is 1.96. The molecule has 0 aliphatic heterocycles. The number of nitrogens with one attached hydrogen (secondary N) is 1. The van der Waals surface area contributed by atoms with Crippen LogP contribution in [0.3, 0.4) is 0 Å². The first kappa shape index (κ1) is 18.6. The quantitative estimate of drug-likeness (QED) is 0.270. The number of carbonyl (C=O) groups is 2. The van der Waals surface area contributed by atoms with Crippen LogP contribution in [-0.4, -0.2) is 30.0 Å². The Hall–Kier alpha value is -3.69. The zero-order chi connectivity index (χ0) is 19.3. The number of nitro benzene ring substituents is 1. The number of methoxy groups -OCH3 is 1. The summed E-state index contributed by atoms with van der Waals surface area (Å²) in [6, 6.07) is 6.21. The third-order valence-electron chi connectivity index (χ3n) is 3.34. The molecular formula is C16H15N3O7. The van der Waals surface area contributed by atoms with E-state index >= 15 is 0 Å². The third-order valence-corrected chi connectivity index (χ3v) is 3.34. The van der Waals surface area contributed by atoms with Crippen LogP contribution in [0, 0.1) is 15.3 Å². The highest BCUT2D eigenvalue weighted by molar-refractivity contribution is 5.98. The summed E-state index contributed by atoms with van der Waals surface area (Å²) in [5.41, 5.74) is 0.113. The number of non-ortho nitro benzene ring substituents is 1. The van der Waals surface area contributed by atoms with E-state index in [1.54, 1.807) is 0 Å². The van der Waals surface area contributed by atoms with Crippen LogP contribution < -0.4 is 14.8 Å². The van der Waals surface area contributed by atoms with E-state index in [9.17, 15) is 24.9 Å². The monoisotopic (exact) mass is 361 g/mol. The fraction of sp³-hybridized carbons (Fsp3) is 0.188. The molecule has 0 radical (unpaired) electrons. The van der Waals surface area contributed by atoms with Crippen molar-refractivity contribution in [3.05, 3.63) is 63.6 Å². The Kier molecular flexibility index (Phi) is 5.68. The standard InChI is InChI=1S/C16H15N3O7/c1-10(26-16(21)11-5-7-18(22)8-6-11)15(20)17-13-4-3-12(19(23)24)9-14(13)25-2/h3-10H,1-2H3,(H,17,20)/t10-/m0/s1. The van der Waals surface area contributed by atoms with Gasteiger partial charge in [-0.15, -0.1) is 0 Å². The first-order valence-electron chi connectivity index (χ1n) is 7.35. The molecule has 0 aliphatic carbocycles. The molecule has 0 fully saturated rings. The average molecular weight is 361 g/mol. The molecule has 0 saturated carbocycles. The first-order chi connectivity index (χ1) is 12.3. The van der Waals surface area contributed by atoms with Crippen molar-refractivity contribution in [2.45, 2.75) is 13.0 Å². The van der Waals surface area contributed by atoms with Gasteiger partial charge in [0.2, 0.25) is 0 Å². The van der Waals surface area contributed by atoms with Gasteiger partial charge in [0.05, 0.1) is 29.4 Å². The van der Waals surface area contributed by atoms with E-state index in [2.05, 4.69) is 5.32 Å². The van der Waals surface area contributed by atoms with Crippen LogP contribution in [0.25, 0.3) is 0 Å². The van der Waals surface area contributed by atoms with Crippen LogP contribution >= 0.6 is 0 Å². The summed E-state index contributed by atoms with van der Waals surface area (Å²) in [5, 5.41) is 24.2. The molecule has 1 heterocycles. The van der Waals surface area contributed by atoms with Crippen molar-refractivity contribution in [1.29, 1.82) is 0 Å². The molecule has 0 spiro atoms. The largest absolute Gasteiger partial charge is 0.619 e. The topological polar surface area (TPSA) is 135 Å². The lowest BCUT2D eigenvalue weighted by Crippen LogP contribution is -2.30. The van der Waals surface area contributed by atoms with Gasteiger partial charge in [0.25, 0.3) is 11.6 Å². The van der Waals surface area contributed by atoms with Crippen molar-refractivity contribution in [3.8, 4) is 5.75 Å². The van der Waals surface area contributed by atoms with E-state index in [0.29, 0.717) is 4.73 Å². The van der Waals surface area contributed by atoms with Gasteiger partial charge in [-0.25, -0.2) is 4.79 Å². The molecule has 1 atom stereocenters. The summed E-state index contributed by atoms with van der Waals surface area (Å²) >= 11 is 0. The number of ether oxygens (including phenoxy) is 2. The Bertz CT molecular complexity index is 836. The number of esters is 1. The zero-order valence-electron chi connectivity index (χ0n) is 13.9. The number of nitrogens with zero attached hydrogens (tertiary/aromatic N) is 2. The number of hydrogen-bond donors (Lipinski definition) is 1. The van der Waals surface area contributed by atoms with Crippen molar-refractivity contribution < 1.29 is 28.7 Å². The maximum atomic E-state index is 12.2. The lowest BCUT2D eigenvalue weighted by molar-refractivity contribution is -0.605. The number of amides is 1. The maximum absolute atomic E-state index is 12.2. The Morgan fingerprint density at radius 1 is 1.23 bits per heavy atom. The predicted octanol–water partition coefficient (Wildman–Crippen LogP) is 1.42. The van der Waals surface area contributed by atoms with Gasteiger partial charge in [-0.05, 0) is 13.0 Å². The van der Waals surface area contributed by atoms with E-state index in [4.69, 9.17) is 9.47 Å². The number of hydrogen-bond acceptors (Lipinski definition) is 7. The number of benzene rings is 1. The van der Waals surface area contributed by atoms with Gasteiger partial charge >= 0.3 is 5.97 Å². The van der Waals surface area contributed by atoms with Crippen molar-refractivity contribution in [1.82, 2.24) is 0 Å². The SMILES string of the molecule is COc1cc([N+](=O)[O-])ccc1NC(=O)[C@H](C)OC(=O)c1cc[n+]([O-])cc1. The summed E-state index contributed by atoms with van der Waals surface area (Å²) in [6.45, 7) is 1.36. The molecule has 1 aromatic carbocycles. The molecule has 26 heavy (non-hydrogen) atoms. The molecule has 2 rings (SSSR count). The van der Waals surface area contributed by atoms with Crippen molar-refractivity contribution in [2.75, 3.05) is 12.4 Å². The predicted molar refractivity (Wildman–Crippen MR) is 88.6 cm³/mol. The summed E-state index contributed by atoms with van der Waals surface area (Å²) in [6.07, 6.45) is 1.11. The molecular weight excluding hydrogens is 346 g/mol. The van der Waals surface area contributed by atoms with Crippen LogP contribution in [0.2, 0.25) is 0 Å². The van der Waals surface area contributed by atoms with E-state index in [1.165, 1.54) is 38.3 Å². The Morgan fingerprint density at radius 2 is 1.88 bits per heavy atom. The van der Waals surface area contributed by atoms with Gasteiger partial charge in [0, 0.05) is 18.2 Å². The minimum atomic E-state index is -1.15. The van der Waals surface area contributed by atoms with Gasteiger partial charge in [-0.3, -0.25) is 14.9 Å². The molecule has 0 bridgehead atoms. The van der Waals surface area contributed by atoms with Crippen LogP contribution in [0.15, 0.2) is 42.7 Å². The molecule has 2 aromatic rings. The summed E-state index contributed by atoms with van der Waals surface area (Å²) in [7, 11) is 1.30. The molecule has 0 aliphatic rings. The summed E-state index contributed by atoms with van der Waals surface area (Å²) in [4.78, 5) is 34.3. The highest BCUT2D eigenvalue weighted by Gasteiger charge is 2.21. The van der Waals surface area contributed by atoms with Gasteiger partial charge in [0.15, 0.2) is 18.5 Å². The Labute approximate surface area is 147 Å². The van der Waals surface area contributed by atoms with Crippen molar-refractivity contribution >= 4 is 23.3 Å². The van der Waals surface area contributed by atoms with E-state index in [-0.39, 0.29) is 22.7 Å². The second kappa shape index (κ2) is 7.92. The van der Waals surface area contributed by atoms with E-state index < -0.39 is 22.9 Å². The van der Waals surface area contributed by atoms with Crippen molar-refractivity contribution in [2.24, 2.45) is 0 Å². The molecule has 10 nitrogen and oxygen atoms in total. The molecule has 136 valence electrons. The molecule has 0 saturated heterocycles. The van der Waals surface area contributed by atoms with Crippen LogP contribution in [0.1, 0.15) is 17.3 Å². The molecule has 1 amide bonds. The van der Waals surface area contributed by atoms with Crippen LogP contribution in [0.4, 0.5) is 11.4 Å². The minimum absolute atomic E-state index is 0.0918. The van der Waals surface area contributed by atoms with Crippen LogP contribution in [-0.2, 0) is 9.53 Å². The number of anilines is 1. The smallest absolute Gasteiger partial charge is 0.339 e. The summed E-state index contributed by atoms with van der Waals surface area (Å²) < 4.78 is 10.6. The first-order valence-corrected chi connectivity index (χ1v) is 7.35. The second-order valence-electron chi connectivity index (χ2n) is 5.13. The highest BCUT2D eigenvalue weighted by atomic mass is 16.6. The normalized spacial score (nSPS) is 11.3. The molecule has 1 aromatic heterocycles. The second-order valence-corrected chi connectivity index (χ2v) is 5.13. The molecule has 1 N–H and O–H groups in total. The highest BCUT2D eigenvalue weighted by Crippen LogP contribution is 2.29. The lowest BCUT2D eigenvalue weighted by atomic mass is 10.2.